The summed E-state index contributed by atoms with van der Waals surface area (Å²) in [6.07, 6.45) is 4.97. The van der Waals surface area contributed by atoms with Gasteiger partial charge in [0.25, 0.3) is 0 Å². The lowest BCUT2D eigenvalue weighted by Gasteiger charge is -2.00. The van der Waals surface area contributed by atoms with Crippen LogP contribution in [0.2, 0.25) is 0 Å². The SMILES string of the molecule is CO[C@@H]1C=C(I)CC1. The van der Waals surface area contributed by atoms with Crippen LogP contribution in [0.25, 0.3) is 0 Å². The van der Waals surface area contributed by atoms with Gasteiger partial charge in [-0.3, -0.25) is 0 Å². The maximum Gasteiger partial charge on any atom is 0.0765 e. The van der Waals surface area contributed by atoms with Crippen molar-refractivity contribution in [2.45, 2.75) is 18.9 Å². The number of methoxy groups -OCH3 is 1. The van der Waals surface area contributed by atoms with Gasteiger partial charge in [-0.25, -0.2) is 0 Å². The predicted molar refractivity (Wildman–Crippen MR) is 42.1 cm³/mol. The molecule has 1 aliphatic rings. The molecule has 0 aromatic rings. The van der Waals surface area contributed by atoms with Crippen LogP contribution in [0.5, 0.6) is 0 Å². The number of hydrogen-bond donors (Lipinski definition) is 0. The van der Waals surface area contributed by atoms with Gasteiger partial charge in [-0.05, 0) is 45.1 Å². The van der Waals surface area contributed by atoms with Gasteiger partial charge in [-0.15, -0.1) is 0 Å². The summed E-state index contributed by atoms with van der Waals surface area (Å²) >= 11 is 2.35. The minimum Gasteiger partial charge on any atom is -0.377 e. The van der Waals surface area contributed by atoms with E-state index in [4.69, 9.17) is 4.74 Å². The topological polar surface area (TPSA) is 9.23 Å². The molecule has 1 nitrogen and oxygen atoms in total. The number of ether oxygens (including phenoxy) is 1. The standard InChI is InChI=1S/C6H9IO/c1-8-6-3-2-5(7)4-6/h4,6H,2-3H2,1H3/t6-/m0/s1. The molecule has 2 heteroatoms. The Hall–Kier alpha value is 0.430. The fraction of sp³-hybridized carbons (Fsp3) is 0.667. The molecule has 0 radical (unpaired) electrons. The zero-order valence-electron chi connectivity index (χ0n) is 4.86. The van der Waals surface area contributed by atoms with E-state index in [1.165, 1.54) is 16.4 Å². The molecule has 0 heterocycles. The lowest BCUT2D eigenvalue weighted by atomic mass is 10.3. The molecule has 0 aliphatic heterocycles. The molecule has 0 aromatic carbocycles. The van der Waals surface area contributed by atoms with Crippen LogP contribution in [0.3, 0.4) is 0 Å². The van der Waals surface area contributed by atoms with E-state index in [-0.39, 0.29) is 0 Å². The Balaban J connectivity index is 2.41. The maximum atomic E-state index is 5.10. The molecule has 0 aromatic heterocycles. The highest BCUT2D eigenvalue weighted by molar-refractivity contribution is 14.1. The van der Waals surface area contributed by atoms with Crippen molar-refractivity contribution in [1.29, 1.82) is 0 Å². The Kier molecular flexibility index (Phi) is 2.31. The van der Waals surface area contributed by atoms with Gasteiger partial charge >= 0.3 is 0 Å². The van der Waals surface area contributed by atoms with E-state index in [9.17, 15) is 0 Å². The van der Waals surface area contributed by atoms with Crippen LogP contribution in [0.1, 0.15) is 12.8 Å². The molecule has 8 heavy (non-hydrogen) atoms. The molecular formula is C6H9IO. The van der Waals surface area contributed by atoms with E-state index in [0.29, 0.717) is 6.10 Å². The Morgan fingerprint density at radius 2 is 2.62 bits per heavy atom. The Morgan fingerprint density at radius 3 is 2.88 bits per heavy atom. The first-order chi connectivity index (χ1) is 3.83. The molecule has 0 saturated heterocycles. The second-order valence-corrected chi connectivity index (χ2v) is 3.31. The summed E-state index contributed by atoms with van der Waals surface area (Å²) in [5.41, 5.74) is 0. The first-order valence-corrected chi connectivity index (χ1v) is 3.80. The van der Waals surface area contributed by atoms with Crippen LogP contribution >= 0.6 is 22.6 Å². The number of hydrogen-bond acceptors (Lipinski definition) is 1. The van der Waals surface area contributed by atoms with Crippen molar-refractivity contribution >= 4 is 22.6 Å². The molecule has 0 N–H and O–H groups in total. The Labute approximate surface area is 63.2 Å². The molecule has 0 fully saturated rings. The van der Waals surface area contributed by atoms with Crippen LogP contribution in [-0.2, 0) is 4.74 Å². The van der Waals surface area contributed by atoms with Crippen molar-refractivity contribution in [2.24, 2.45) is 0 Å². The third-order valence-corrected chi connectivity index (χ3v) is 2.24. The lowest BCUT2D eigenvalue weighted by molar-refractivity contribution is 0.141. The average Bonchev–Trinajstić information content (AvgIpc) is 2.14. The zero-order valence-corrected chi connectivity index (χ0v) is 7.01. The van der Waals surface area contributed by atoms with Crippen LogP contribution < -0.4 is 0 Å². The van der Waals surface area contributed by atoms with Gasteiger partial charge in [-0.1, -0.05) is 0 Å². The van der Waals surface area contributed by atoms with Crippen molar-refractivity contribution in [3.05, 3.63) is 9.66 Å². The normalized spacial score (nSPS) is 28.2. The summed E-state index contributed by atoms with van der Waals surface area (Å²) < 4.78 is 6.54. The van der Waals surface area contributed by atoms with Crippen LogP contribution in [0.4, 0.5) is 0 Å². The molecule has 0 spiro atoms. The van der Waals surface area contributed by atoms with Gasteiger partial charge in [0.2, 0.25) is 0 Å². The molecule has 1 rings (SSSR count). The summed E-state index contributed by atoms with van der Waals surface area (Å²) in [7, 11) is 1.76. The molecule has 0 amide bonds. The molecular weight excluding hydrogens is 215 g/mol. The van der Waals surface area contributed by atoms with Crippen molar-refractivity contribution < 1.29 is 4.74 Å². The highest BCUT2D eigenvalue weighted by Crippen LogP contribution is 2.24. The minimum atomic E-state index is 0.405. The molecule has 1 aliphatic carbocycles. The maximum absolute atomic E-state index is 5.10. The van der Waals surface area contributed by atoms with Crippen molar-refractivity contribution in [1.82, 2.24) is 0 Å². The van der Waals surface area contributed by atoms with E-state index in [2.05, 4.69) is 28.7 Å². The summed E-state index contributed by atoms with van der Waals surface area (Å²) in [6, 6.07) is 0. The lowest BCUT2D eigenvalue weighted by Crippen LogP contribution is -2.00. The number of rotatable bonds is 1. The van der Waals surface area contributed by atoms with Gasteiger partial charge in [0.05, 0.1) is 6.10 Å². The largest absolute Gasteiger partial charge is 0.377 e. The first-order valence-electron chi connectivity index (χ1n) is 2.72. The van der Waals surface area contributed by atoms with E-state index < -0.39 is 0 Å². The molecule has 0 unspecified atom stereocenters. The van der Waals surface area contributed by atoms with E-state index in [1.54, 1.807) is 7.11 Å². The third-order valence-electron chi connectivity index (χ3n) is 1.34. The van der Waals surface area contributed by atoms with Gasteiger partial charge < -0.3 is 4.74 Å². The van der Waals surface area contributed by atoms with Crippen molar-refractivity contribution in [3.8, 4) is 0 Å². The minimum absolute atomic E-state index is 0.405. The van der Waals surface area contributed by atoms with Gasteiger partial charge in [0, 0.05) is 7.11 Å². The summed E-state index contributed by atoms with van der Waals surface area (Å²) in [6.45, 7) is 0. The van der Waals surface area contributed by atoms with Crippen molar-refractivity contribution in [2.75, 3.05) is 7.11 Å². The van der Waals surface area contributed by atoms with Crippen molar-refractivity contribution in [3.63, 3.8) is 0 Å². The fourth-order valence-electron chi connectivity index (χ4n) is 0.834. The third kappa shape index (κ3) is 1.45. The quantitative estimate of drug-likeness (QED) is 0.620. The summed E-state index contributed by atoms with van der Waals surface area (Å²) in [5.74, 6) is 0. The molecule has 0 saturated carbocycles. The van der Waals surface area contributed by atoms with E-state index >= 15 is 0 Å². The molecule has 0 bridgehead atoms. The molecule has 46 valence electrons. The number of halogens is 1. The Bertz CT molecular complexity index is 109. The van der Waals surface area contributed by atoms with E-state index in [0.717, 1.165) is 0 Å². The Morgan fingerprint density at radius 1 is 1.88 bits per heavy atom. The van der Waals surface area contributed by atoms with Crippen LogP contribution in [0.15, 0.2) is 9.66 Å². The average molecular weight is 224 g/mol. The van der Waals surface area contributed by atoms with Gasteiger partial charge in [0.1, 0.15) is 0 Å². The van der Waals surface area contributed by atoms with Crippen LogP contribution in [0, 0.1) is 0 Å². The number of allylic oxidation sites excluding steroid dienone is 1. The fourth-order valence-corrected chi connectivity index (χ4v) is 1.55. The first kappa shape index (κ1) is 6.55. The highest BCUT2D eigenvalue weighted by Gasteiger charge is 2.11. The second kappa shape index (κ2) is 2.82. The summed E-state index contributed by atoms with van der Waals surface area (Å²) in [4.78, 5) is 0. The second-order valence-electron chi connectivity index (χ2n) is 1.93. The highest BCUT2D eigenvalue weighted by atomic mass is 127. The van der Waals surface area contributed by atoms with E-state index in [1.807, 2.05) is 0 Å². The molecule has 1 atom stereocenters. The monoisotopic (exact) mass is 224 g/mol. The smallest absolute Gasteiger partial charge is 0.0765 e. The van der Waals surface area contributed by atoms with Gasteiger partial charge in [-0.2, -0.15) is 0 Å². The predicted octanol–water partition coefficient (Wildman–Crippen LogP) is 2.11. The van der Waals surface area contributed by atoms with Gasteiger partial charge in [0.15, 0.2) is 0 Å². The van der Waals surface area contributed by atoms with Crippen LogP contribution in [-0.4, -0.2) is 13.2 Å². The zero-order chi connectivity index (χ0) is 5.98. The summed E-state index contributed by atoms with van der Waals surface area (Å²) in [5, 5.41) is 0.